The number of amides is 1. The van der Waals surface area contributed by atoms with Crippen molar-refractivity contribution < 1.29 is 4.79 Å². The van der Waals surface area contributed by atoms with E-state index < -0.39 is 0 Å². The Hall–Kier alpha value is -1.53. The van der Waals surface area contributed by atoms with Crippen LogP contribution in [0, 0.1) is 5.92 Å². The van der Waals surface area contributed by atoms with Crippen LogP contribution in [0.3, 0.4) is 0 Å². The number of hydrogen-bond acceptors (Lipinski definition) is 4. The smallest absolute Gasteiger partial charge is 0.230 e. The Bertz CT molecular complexity index is 764. The number of nitrogens with one attached hydrogen (secondary N) is 1. The van der Waals surface area contributed by atoms with Gasteiger partial charge in [-0.2, -0.15) is 0 Å². The van der Waals surface area contributed by atoms with Gasteiger partial charge in [0.1, 0.15) is 0 Å². The fraction of sp³-hybridized carbons (Fsp3) is 0.526. The van der Waals surface area contributed by atoms with Crippen LogP contribution in [0.25, 0.3) is 11.4 Å². The second kappa shape index (κ2) is 8.91. The van der Waals surface area contributed by atoms with Crippen LogP contribution in [0.1, 0.15) is 39.5 Å². The van der Waals surface area contributed by atoms with E-state index in [1.807, 2.05) is 35.8 Å². The van der Waals surface area contributed by atoms with Crippen molar-refractivity contribution in [1.29, 1.82) is 0 Å². The molecule has 0 bridgehead atoms. The Morgan fingerprint density at radius 3 is 2.88 bits per heavy atom. The number of hydrogen-bond donors (Lipinski definition) is 1. The van der Waals surface area contributed by atoms with Crippen molar-refractivity contribution in [3.63, 3.8) is 0 Å². The van der Waals surface area contributed by atoms with E-state index in [0.717, 1.165) is 29.5 Å². The van der Waals surface area contributed by atoms with Gasteiger partial charge in [-0.25, -0.2) is 0 Å². The molecule has 1 heterocycles. The summed E-state index contributed by atoms with van der Waals surface area (Å²) in [6.07, 6.45) is 4.76. The molecule has 1 aliphatic carbocycles. The number of aromatic nitrogens is 3. The van der Waals surface area contributed by atoms with Crippen LogP contribution in [0.15, 0.2) is 29.4 Å². The average Bonchev–Trinajstić information content (AvgIpc) is 3.05. The van der Waals surface area contributed by atoms with Gasteiger partial charge in [-0.05, 0) is 37.8 Å². The maximum absolute atomic E-state index is 12.3. The summed E-state index contributed by atoms with van der Waals surface area (Å²) in [7, 11) is 0. The van der Waals surface area contributed by atoms with Crippen LogP contribution in [0.2, 0.25) is 5.02 Å². The van der Waals surface area contributed by atoms with Crippen molar-refractivity contribution in [3.05, 3.63) is 29.3 Å². The van der Waals surface area contributed by atoms with Gasteiger partial charge < -0.3 is 9.88 Å². The van der Waals surface area contributed by atoms with Gasteiger partial charge in [-0.1, -0.05) is 55.3 Å². The summed E-state index contributed by atoms with van der Waals surface area (Å²) in [5, 5.41) is 13.2. The summed E-state index contributed by atoms with van der Waals surface area (Å²) in [5.74, 6) is 1.77. The molecule has 5 nitrogen and oxygen atoms in total. The first kappa shape index (κ1) is 19.2. The fourth-order valence-corrected chi connectivity index (χ4v) is 4.43. The Labute approximate surface area is 163 Å². The van der Waals surface area contributed by atoms with E-state index in [1.54, 1.807) is 0 Å². The Balaban J connectivity index is 1.64. The van der Waals surface area contributed by atoms with E-state index >= 15 is 0 Å². The average molecular weight is 393 g/mol. The molecule has 2 unspecified atom stereocenters. The summed E-state index contributed by atoms with van der Waals surface area (Å²) >= 11 is 7.52. The second-order valence-corrected chi connectivity index (χ2v) is 8.16. The predicted octanol–water partition coefficient (Wildman–Crippen LogP) is 4.41. The molecule has 1 saturated carbocycles. The highest BCUT2D eigenvalue weighted by molar-refractivity contribution is 7.99. The summed E-state index contributed by atoms with van der Waals surface area (Å²) in [4.78, 5) is 12.3. The highest BCUT2D eigenvalue weighted by atomic mass is 35.5. The van der Waals surface area contributed by atoms with E-state index in [1.165, 1.54) is 31.0 Å². The van der Waals surface area contributed by atoms with Crippen molar-refractivity contribution in [2.45, 2.75) is 57.3 Å². The van der Waals surface area contributed by atoms with Crippen molar-refractivity contribution in [3.8, 4) is 11.4 Å². The van der Waals surface area contributed by atoms with Gasteiger partial charge >= 0.3 is 0 Å². The van der Waals surface area contributed by atoms with Gasteiger partial charge in [0.15, 0.2) is 11.0 Å². The number of benzene rings is 1. The van der Waals surface area contributed by atoms with E-state index in [2.05, 4.69) is 22.4 Å². The van der Waals surface area contributed by atoms with Crippen LogP contribution in [0.4, 0.5) is 0 Å². The van der Waals surface area contributed by atoms with Crippen LogP contribution < -0.4 is 5.32 Å². The first-order chi connectivity index (χ1) is 12.6. The van der Waals surface area contributed by atoms with Crippen LogP contribution in [0.5, 0.6) is 0 Å². The maximum Gasteiger partial charge on any atom is 0.230 e. The monoisotopic (exact) mass is 392 g/mol. The lowest BCUT2D eigenvalue weighted by molar-refractivity contribution is -0.119. The minimum atomic E-state index is 0.0729. The lowest BCUT2D eigenvalue weighted by Gasteiger charge is -2.29. The van der Waals surface area contributed by atoms with Crippen molar-refractivity contribution in [2.24, 2.45) is 5.92 Å². The lowest BCUT2D eigenvalue weighted by atomic mass is 9.86. The van der Waals surface area contributed by atoms with Gasteiger partial charge in [0.05, 0.1) is 5.75 Å². The van der Waals surface area contributed by atoms with E-state index in [4.69, 9.17) is 11.6 Å². The number of rotatable bonds is 6. The third-order valence-electron chi connectivity index (χ3n) is 4.91. The van der Waals surface area contributed by atoms with Crippen LogP contribution >= 0.6 is 23.4 Å². The van der Waals surface area contributed by atoms with E-state index in [0.29, 0.717) is 22.7 Å². The zero-order valence-electron chi connectivity index (χ0n) is 15.2. The third-order valence-corrected chi connectivity index (χ3v) is 6.11. The van der Waals surface area contributed by atoms with Gasteiger partial charge in [0.2, 0.25) is 5.91 Å². The van der Waals surface area contributed by atoms with E-state index in [9.17, 15) is 4.79 Å². The van der Waals surface area contributed by atoms with Crippen molar-refractivity contribution in [2.75, 3.05) is 5.75 Å². The molecule has 1 aromatic heterocycles. The van der Waals surface area contributed by atoms with Gasteiger partial charge in [0.25, 0.3) is 0 Å². The Morgan fingerprint density at radius 2 is 2.15 bits per heavy atom. The molecule has 1 N–H and O–H groups in total. The first-order valence-electron chi connectivity index (χ1n) is 9.19. The number of thioether (sulfide) groups is 1. The largest absolute Gasteiger partial charge is 0.352 e. The quantitative estimate of drug-likeness (QED) is 0.740. The van der Waals surface area contributed by atoms with Crippen molar-refractivity contribution in [1.82, 2.24) is 20.1 Å². The number of halogens is 1. The molecule has 2 atom stereocenters. The molecular formula is C19H25ClN4OS. The number of carbonyl (C=O) groups is 1. The number of nitrogens with zero attached hydrogens (tertiary/aromatic N) is 3. The molecule has 3 rings (SSSR count). The maximum atomic E-state index is 12.3. The molecule has 1 fully saturated rings. The predicted molar refractivity (Wildman–Crippen MR) is 106 cm³/mol. The zero-order valence-corrected chi connectivity index (χ0v) is 16.8. The molecular weight excluding hydrogens is 368 g/mol. The topological polar surface area (TPSA) is 59.8 Å². The van der Waals surface area contributed by atoms with Crippen molar-refractivity contribution >= 4 is 29.3 Å². The molecule has 2 aromatic rings. The molecule has 0 radical (unpaired) electrons. The highest BCUT2D eigenvalue weighted by Gasteiger charge is 2.23. The summed E-state index contributed by atoms with van der Waals surface area (Å²) in [6.45, 7) is 5.01. The first-order valence-corrected chi connectivity index (χ1v) is 10.6. The zero-order chi connectivity index (χ0) is 18.5. The second-order valence-electron chi connectivity index (χ2n) is 6.79. The summed E-state index contributed by atoms with van der Waals surface area (Å²) < 4.78 is 2.02. The van der Waals surface area contributed by atoms with Gasteiger partial charge in [-0.15, -0.1) is 10.2 Å². The minimum absolute atomic E-state index is 0.0729. The summed E-state index contributed by atoms with van der Waals surface area (Å²) in [5.41, 5.74) is 0.930. The van der Waals surface area contributed by atoms with Gasteiger partial charge in [-0.3, -0.25) is 4.79 Å². The standard InChI is InChI=1S/C19H25ClN4OS/c1-3-24-18(14-8-6-9-15(20)11-14)22-23-19(24)26-12-17(25)21-16-10-5-4-7-13(16)2/h6,8-9,11,13,16H,3-5,7,10,12H2,1-2H3,(H,21,25). The number of carbonyl (C=O) groups excluding carboxylic acids is 1. The minimum Gasteiger partial charge on any atom is -0.352 e. The molecule has 26 heavy (non-hydrogen) atoms. The lowest BCUT2D eigenvalue weighted by Crippen LogP contribution is -2.41. The Kier molecular flexibility index (Phi) is 6.59. The molecule has 0 aliphatic heterocycles. The summed E-state index contributed by atoms with van der Waals surface area (Å²) in [6, 6.07) is 7.89. The molecule has 0 spiro atoms. The third kappa shape index (κ3) is 4.60. The SMILES string of the molecule is CCn1c(SCC(=O)NC2CCCCC2C)nnc1-c1cccc(Cl)c1. The van der Waals surface area contributed by atoms with Gasteiger partial charge in [0, 0.05) is 23.2 Å². The van der Waals surface area contributed by atoms with Crippen LogP contribution in [-0.4, -0.2) is 32.5 Å². The molecule has 1 aromatic carbocycles. The highest BCUT2D eigenvalue weighted by Crippen LogP contribution is 2.26. The molecule has 140 valence electrons. The van der Waals surface area contributed by atoms with E-state index in [-0.39, 0.29) is 5.91 Å². The Morgan fingerprint density at radius 1 is 1.35 bits per heavy atom. The normalized spacial score (nSPS) is 20.1. The van der Waals surface area contributed by atoms with Crippen LogP contribution in [-0.2, 0) is 11.3 Å². The molecule has 7 heteroatoms. The molecule has 1 amide bonds. The fourth-order valence-electron chi connectivity index (χ4n) is 3.43. The molecule has 0 saturated heterocycles. The molecule has 1 aliphatic rings.